The zero-order valence-electron chi connectivity index (χ0n) is 26.1. The lowest BCUT2D eigenvalue weighted by atomic mass is 9.99. The highest BCUT2D eigenvalue weighted by Crippen LogP contribution is 2.46. The molecule has 0 saturated heterocycles. The van der Waals surface area contributed by atoms with Gasteiger partial charge in [-0.3, -0.25) is 4.57 Å². The van der Waals surface area contributed by atoms with Crippen LogP contribution in [-0.4, -0.2) is 14.5 Å². The first kappa shape index (κ1) is 26.7. The Hall–Kier alpha value is -6.30. The van der Waals surface area contributed by atoms with Crippen LogP contribution in [0.5, 0.6) is 0 Å². The second-order valence-electron chi connectivity index (χ2n) is 12.5. The minimum atomic E-state index is 0.626. The van der Waals surface area contributed by atoms with Crippen LogP contribution < -0.4 is 0 Å². The molecule has 11 rings (SSSR count). The molecule has 0 aliphatic heterocycles. The number of fused-ring (bicyclic) bond motifs is 13. The Balaban J connectivity index is 1.29. The van der Waals surface area contributed by atoms with Crippen molar-refractivity contribution in [1.29, 1.82) is 0 Å². The molecule has 0 atom stereocenters. The molecule has 0 radical (unpaired) electrons. The molecule has 4 aromatic heterocycles. The number of hydrogen-bond donors (Lipinski definition) is 0. The van der Waals surface area contributed by atoms with E-state index in [9.17, 15) is 0 Å². The van der Waals surface area contributed by atoms with Gasteiger partial charge in [-0.05, 0) is 40.1 Å². The summed E-state index contributed by atoms with van der Waals surface area (Å²) in [5, 5.41) is 8.00. The Bertz CT molecular complexity index is 3100. The molecule has 0 unspecified atom stereocenters. The number of hydrogen-bond acceptors (Lipinski definition) is 4. The summed E-state index contributed by atoms with van der Waals surface area (Å²) in [5.74, 6) is 0.626. The molecule has 0 fully saturated rings. The van der Waals surface area contributed by atoms with Crippen LogP contribution in [0.3, 0.4) is 0 Å². The fraction of sp³-hybridized carbons (Fsp3) is 0. The number of rotatable bonds is 3. The average molecular weight is 644 g/mol. The van der Waals surface area contributed by atoms with E-state index in [1.807, 2.05) is 6.07 Å². The monoisotopic (exact) mass is 643 g/mol. The van der Waals surface area contributed by atoms with E-state index in [1.165, 1.54) is 26.6 Å². The number of thiophene rings is 1. The highest BCUT2D eigenvalue weighted by molar-refractivity contribution is 7.26. The van der Waals surface area contributed by atoms with Crippen LogP contribution in [0.4, 0.5) is 0 Å². The number of nitrogens with zero attached hydrogens (tertiary/aromatic N) is 3. The average Bonchev–Trinajstić information content (AvgIpc) is 3.85. The molecule has 228 valence electrons. The predicted octanol–water partition coefficient (Wildman–Crippen LogP) is 12.3. The smallest absolute Gasteiger partial charge is 0.236 e. The SMILES string of the molecule is c1ccc(-c2ccc(-c3nc(-n4c5ccccc5c5c6ccccc6c6c7ccccc7oc6c54)nc4c3sc3ccccc34)cc2)cc1. The van der Waals surface area contributed by atoms with Gasteiger partial charge >= 0.3 is 0 Å². The quantitative estimate of drug-likeness (QED) is 0.192. The first-order valence-corrected chi connectivity index (χ1v) is 17.2. The van der Waals surface area contributed by atoms with Gasteiger partial charge in [0.15, 0.2) is 5.58 Å². The molecule has 4 heterocycles. The van der Waals surface area contributed by atoms with Gasteiger partial charge in [0, 0.05) is 37.2 Å². The Morgan fingerprint density at radius 1 is 0.490 bits per heavy atom. The minimum absolute atomic E-state index is 0.626. The molecule has 11 aromatic rings. The maximum absolute atomic E-state index is 6.80. The normalized spacial score (nSPS) is 12.1. The standard InChI is InChI=1S/C44H25N3OS/c1-2-12-26(13-3-1)27-22-24-28(25-23-27)39-43-40(33-18-8-11-21-36(33)49-43)46-44(45-39)47-34-19-9-6-16-31(34)37-29-14-4-5-15-30(29)38-32-17-7-10-20-35(32)48-42(38)41(37)47/h1-25H. The highest BCUT2D eigenvalue weighted by atomic mass is 32.1. The molecule has 49 heavy (non-hydrogen) atoms. The van der Waals surface area contributed by atoms with Crippen molar-refractivity contribution in [2.75, 3.05) is 0 Å². The molecule has 5 heteroatoms. The maximum atomic E-state index is 6.80. The van der Waals surface area contributed by atoms with Gasteiger partial charge in [0.05, 0.1) is 21.4 Å². The Kier molecular flexibility index (Phi) is 5.51. The van der Waals surface area contributed by atoms with Crippen molar-refractivity contribution in [3.05, 3.63) is 152 Å². The lowest BCUT2D eigenvalue weighted by molar-refractivity contribution is 0.671. The second kappa shape index (κ2) is 10.1. The summed E-state index contributed by atoms with van der Waals surface area (Å²) < 4.78 is 11.3. The van der Waals surface area contributed by atoms with E-state index < -0.39 is 0 Å². The first-order chi connectivity index (χ1) is 24.3. The lowest BCUT2D eigenvalue weighted by Crippen LogP contribution is -2.03. The Morgan fingerprint density at radius 2 is 1.10 bits per heavy atom. The topological polar surface area (TPSA) is 43.9 Å². The zero-order valence-corrected chi connectivity index (χ0v) is 26.9. The third-order valence-electron chi connectivity index (χ3n) is 9.82. The van der Waals surface area contributed by atoms with Crippen molar-refractivity contribution in [2.45, 2.75) is 0 Å². The Labute approximate surface area is 284 Å². The molecule has 0 aliphatic carbocycles. The largest absolute Gasteiger partial charge is 0.454 e. The van der Waals surface area contributed by atoms with Crippen LogP contribution in [0.1, 0.15) is 0 Å². The van der Waals surface area contributed by atoms with Crippen molar-refractivity contribution in [1.82, 2.24) is 14.5 Å². The molecule has 0 amide bonds. The highest BCUT2D eigenvalue weighted by Gasteiger charge is 2.25. The van der Waals surface area contributed by atoms with Gasteiger partial charge in [-0.1, -0.05) is 133 Å². The fourth-order valence-corrected chi connectivity index (χ4v) is 8.81. The van der Waals surface area contributed by atoms with Crippen molar-refractivity contribution in [2.24, 2.45) is 0 Å². The van der Waals surface area contributed by atoms with Gasteiger partial charge in [-0.15, -0.1) is 11.3 Å². The van der Waals surface area contributed by atoms with E-state index in [-0.39, 0.29) is 0 Å². The van der Waals surface area contributed by atoms with E-state index >= 15 is 0 Å². The van der Waals surface area contributed by atoms with Crippen molar-refractivity contribution in [3.8, 4) is 28.3 Å². The molecule has 4 nitrogen and oxygen atoms in total. The minimum Gasteiger partial charge on any atom is -0.454 e. The Morgan fingerprint density at radius 3 is 1.92 bits per heavy atom. The molecule has 0 aliphatic rings. The summed E-state index contributed by atoms with van der Waals surface area (Å²) in [6.45, 7) is 0. The molecule has 0 saturated carbocycles. The van der Waals surface area contributed by atoms with E-state index in [2.05, 4.69) is 150 Å². The number of para-hydroxylation sites is 2. The number of benzene rings is 7. The van der Waals surface area contributed by atoms with Crippen molar-refractivity contribution >= 4 is 86.2 Å². The van der Waals surface area contributed by atoms with E-state index in [0.717, 1.165) is 70.6 Å². The fourth-order valence-electron chi connectivity index (χ4n) is 7.66. The summed E-state index contributed by atoms with van der Waals surface area (Å²) in [4.78, 5) is 10.9. The van der Waals surface area contributed by atoms with Crippen LogP contribution in [-0.2, 0) is 0 Å². The van der Waals surface area contributed by atoms with Gasteiger partial charge in [0.2, 0.25) is 5.95 Å². The molecule has 0 N–H and O–H groups in total. The van der Waals surface area contributed by atoms with E-state index in [1.54, 1.807) is 11.3 Å². The number of aromatic nitrogens is 3. The second-order valence-corrected chi connectivity index (χ2v) is 13.6. The summed E-state index contributed by atoms with van der Waals surface area (Å²) in [5.41, 5.74) is 9.04. The zero-order chi connectivity index (χ0) is 32.1. The van der Waals surface area contributed by atoms with Gasteiger partial charge in [-0.2, -0.15) is 0 Å². The van der Waals surface area contributed by atoms with Crippen LogP contribution in [0.15, 0.2) is 156 Å². The van der Waals surface area contributed by atoms with Crippen LogP contribution in [0, 0.1) is 0 Å². The molecule has 0 spiro atoms. The first-order valence-electron chi connectivity index (χ1n) is 16.4. The predicted molar refractivity (Wildman–Crippen MR) is 205 cm³/mol. The van der Waals surface area contributed by atoms with E-state index in [0.29, 0.717) is 5.95 Å². The maximum Gasteiger partial charge on any atom is 0.236 e. The summed E-state index contributed by atoms with van der Waals surface area (Å²) in [6.07, 6.45) is 0. The van der Waals surface area contributed by atoms with Gasteiger partial charge in [-0.25, -0.2) is 9.97 Å². The van der Waals surface area contributed by atoms with E-state index in [4.69, 9.17) is 14.4 Å². The molecular weight excluding hydrogens is 619 g/mol. The third kappa shape index (κ3) is 3.79. The summed E-state index contributed by atoms with van der Waals surface area (Å²) in [6, 6.07) is 53.4. The van der Waals surface area contributed by atoms with Crippen molar-refractivity contribution in [3.63, 3.8) is 0 Å². The lowest BCUT2D eigenvalue weighted by Gasteiger charge is -2.11. The molecule has 7 aromatic carbocycles. The van der Waals surface area contributed by atoms with Crippen LogP contribution in [0.25, 0.3) is 103 Å². The van der Waals surface area contributed by atoms with Gasteiger partial charge in [0.25, 0.3) is 0 Å². The van der Waals surface area contributed by atoms with Crippen LogP contribution >= 0.6 is 11.3 Å². The van der Waals surface area contributed by atoms with Gasteiger partial charge in [0.1, 0.15) is 11.1 Å². The third-order valence-corrected chi connectivity index (χ3v) is 11.0. The summed E-state index contributed by atoms with van der Waals surface area (Å²) >= 11 is 1.75. The molecule has 0 bridgehead atoms. The molecular formula is C44H25N3OS. The summed E-state index contributed by atoms with van der Waals surface area (Å²) in [7, 11) is 0. The van der Waals surface area contributed by atoms with Crippen LogP contribution in [0.2, 0.25) is 0 Å². The van der Waals surface area contributed by atoms with Gasteiger partial charge < -0.3 is 4.42 Å². The van der Waals surface area contributed by atoms with Crippen molar-refractivity contribution < 1.29 is 4.42 Å². The number of furan rings is 1.